The third-order valence-corrected chi connectivity index (χ3v) is 0.923. The molecule has 0 saturated heterocycles. The molecule has 1 unspecified atom stereocenters. The molecule has 0 saturated carbocycles. The summed E-state index contributed by atoms with van der Waals surface area (Å²) in [6.07, 6.45) is 2.88. The van der Waals surface area contributed by atoms with Crippen LogP contribution in [0.2, 0.25) is 0 Å². The molecule has 8 heavy (non-hydrogen) atoms. The molecule has 0 amide bonds. The summed E-state index contributed by atoms with van der Waals surface area (Å²) in [5.41, 5.74) is 0. The van der Waals surface area contributed by atoms with Crippen molar-refractivity contribution in [3.05, 3.63) is 0 Å². The maximum absolute atomic E-state index is 8.01. The van der Waals surface area contributed by atoms with Crippen LogP contribution in [0, 0.1) is 17.9 Å². The van der Waals surface area contributed by atoms with E-state index >= 15 is 0 Å². The molecule has 0 spiro atoms. The average molecular weight is 140 g/mol. The van der Waals surface area contributed by atoms with Gasteiger partial charge in [0.25, 0.3) is 0 Å². The van der Waals surface area contributed by atoms with Crippen LogP contribution in [0.1, 0.15) is 20.3 Å². The molecule has 0 rings (SSSR count). The number of hydrogen-bond acceptors (Lipinski definition) is 1. The number of rotatable bonds is 1. The third-order valence-electron chi connectivity index (χ3n) is 0.923. The van der Waals surface area contributed by atoms with E-state index in [0.717, 1.165) is 6.42 Å². The first kappa shape index (κ1) is 11.4. The minimum atomic E-state index is 0. The van der Waals surface area contributed by atoms with Crippen LogP contribution in [0.5, 0.6) is 0 Å². The van der Waals surface area contributed by atoms with Crippen molar-refractivity contribution >= 4 is 37.7 Å². The van der Waals surface area contributed by atoms with E-state index in [1.54, 1.807) is 0 Å². The van der Waals surface area contributed by atoms with Crippen molar-refractivity contribution in [2.24, 2.45) is 5.92 Å². The molecule has 0 aliphatic rings. The first-order valence-electron chi connectivity index (χ1n) is 2.45. The van der Waals surface area contributed by atoms with E-state index in [1.807, 2.05) is 20.0 Å². The Kier molecular flexibility index (Phi) is 10.9. The average Bonchev–Trinajstić information content (AvgIpc) is 1.68. The van der Waals surface area contributed by atoms with Gasteiger partial charge in [0.2, 0.25) is 0 Å². The predicted molar refractivity (Wildman–Crippen MR) is 37.7 cm³/mol. The second kappa shape index (κ2) is 7.62. The quantitative estimate of drug-likeness (QED) is 0.414. The van der Waals surface area contributed by atoms with Gasteiger partial charge in [-0.25, -0.2) is 0 Å². The standard InChI is InChI=1S/C6H10O.Ca.2H/c1-3-6(2)4-5-7;;;/h6-7H,3H2,1-2H3;;;. The van der Waals surface area contributed by atoms with Crippen molar-refractivity contribution in [2.45, 2.75) is 20.3 Å². The van der Waals surface area contributed by atoms with Crippen molar-refractivity contribution in [3.8, 4) is 12.0 Å². The van der Waals surface area contributed by atoms with Crippen molar-refractivity contribution in [1.29, 1.82) is 0 Å². The van der Waals surface area contributed by atoms with Gasteiger partial charge in [-0.05, 0) is 6.42 Å². The summed E-state index contributed by atoms with van der Waals surface area (Å²) in [7, 11) is 0. The fourth-order valence-electron chi connectivity index (χ4n) is 0.212. The Hall–Kier alpha value is 0.620. The van der Waals surface area contributed by atoms with Crippen LogP contribution in [0.15, 0.2) is 0 Å². The van der Waals surface area contributed by atoms with Crippen molar-refractivity contribution < 1.29 is 5.11 Å². The first-order valence-corrected chi connectivity index (χ1v) is 2.45. The molecule has 44 valence electrons. The zero-order chi connectivity index (χ0) is 5.70. The number of aliphatic hydroxyl groups excluding tert-OH is 1. The van der Waals surface area contributed by atoms with Crippen LogP contribution in [0.25, 0.3) is 0 Å². The summed E-state index contributed by atoms with van der Waals surface area (Å²) in [4.78, 5) is 0. The van der Waals surface area contributed by atoms with Crippen LogP contribution in [0.4, 0.5) is 0 Å². The summed E-state index contributed by atoms with van der Waals surface area (Å²) in [5.74, 6) is 2.94. The fourth-order valence-corrected chi connectivity index (χ4v) is 0.212. The molecule has 0 aromatic rings. The molecular weight excluding hydrogens is 128 g/mol. The molecule has 1 N–H and O–H groups in total. The zero-order valence-electron chi connectivity index (χ0n) is 4.73. The van der Waals surface area contributed by atoms with Crippen molar-refractivity contribution in [3.63, 3.8) is 0 Å². The molecule has 0 aromatic heterocycles. The topological polar surface area (TPSA) is 20.2 Å². The van der Waals surface area contributed by atoms with Crippen LogP contribution in [-0.4, -0.2) is 42.8 Å². The Morgan fingerprint density at radius 3 is 2.25 bits per heavy atom. The molecule has 1 atom stereocenters. The minimum absolute atomic E-state index is 0. The molecule has 0 aliphatic heterocycles. The zero-order valence-corrected chi connectivity index (χ0v) is 4.73. The Bertz CT molecular complexity index is 90.4. The Balaban J connectivity index is 0. The molecule has 2 heteroatoms. The predicted octanol–water partition coefficient (Wildman–Crippen LogP) is 0.450. The van der Waals surface area contributed by atoms with Gasteiger partial charge in [-0.15, -0.1) is 0 Å². The summed E-state index contributed by atoms with van der Waals surface area (Å²) < 4.78 is 0. The van der Waals surface area contributed by atoms with Gasteiger partial charge in [-0.1, -0.05) is 19.8 Å². The molecule has 0 fully saturated rings. The van der Waals surface area contributed by atoms with E-state index in [9.17, 15) is 0 Å². The SMILES string of the molecule is CCC(C)C#CO.[CaH2]. The Labute approximate surface area is 80.5 Å². The van der Waals surface area contributed by atoms with Crippen LogP contribution in [0.3, 0.4) is 0 Å². The normalized spacial score (nSPS) is 10.2. The molecule has 0 heterocycles. The van der Waals surface area contributed by atoms with Gasteiger partial charge in [0.15, 0.2) is 0 Å². The van der Waals surface area contributed by atoms with Gasteiger partial charge >= 0.3 is 37.7 Å². The van der Waals surface area contributed by atoms with E-state index in [4.69, 9.17) is 5.11 Å². The Morgan fingerprint density at radius 2 is 2.12 bits per heavy atom. The first-order chi connectivity index (χ1) is 3.31. The van der Waals surface area contributed by atoms with E-state index in [-0.39, 0.29) is 37.7 Å². The van der Waals surface area contributed by atoms with Gasteiger partial charge in [0.05, 0.1) is 0 Å². The fraction of sp³-hybridized carbons (Fsp3) is 0.667. The molecule has 0 aromatic carbocycles. The van der Waals surface area contributed by atoms with Gasteiger partial charge in [0.1, 0.15) is 6.11 Å². The van der Waals surface area contributed by atoms with Gasteiger partial charge in [0, 0.05) is 5.92 Å². The molecule has 1 nitrogen and oxygen atoms in total. The summed E-state index contributed by atoms with van der Waals surface area (Å²) in [5, 5.41) is 8.01. The number of hydrogen-bond donors (Lipinski definition) is 1. The summed E-state index contributed by atoms with van der Waals surface area (Å²) >= 11 is 0. The van der Waals surface area contributed by atoms with Gasteiger partial charge < -0.3 is 5.11 Å². The van der Waals surface area contributed by atoms with Gasteiger partial charge in [-0.2, -0.15) is 0 Å². The van der Waals surface area contributed by atoms with Crippen LogP contribution >= 0.6 is 0 Å². The maximum atomic E-state index is 8.01. The second-order valence-electron chi connectivity index (χ2n) is 1.57. The summed E-state index contributed by atoms with van der Waals surface area (Å²) in [6.45, 7) is 4.01. The van der Waals surface area contributed by atoms with E-state index in [0.29, 0.717) is 5.92 Å². The third kappa shape index (κ3) is 6.62. The summed E-state index contributed by atoms with van der Waals surface area (Å²) in [6, 6.07) is 0. The van der Waals surface area contributed by atoms with Crippen LogP contribution < -0.4 is 0 Å². The molecule has 0 radical (unpaired) electrons. The van der Waals surface area contributed by atoms with Gasteiger partial charge in [-0.3, -0.25) is 0 Å². The van der Waals surface area contributed by atoms with E-state index in [1.165, 1.54) is 0 Å². The van der Waals surface area contributed by atoms with Crippen LogP contribution in [-0.2, 0) is 0 Å². The van der Waals surface area contributed by atoms with Crippen molar-refractivity contribution in [2.75, 3.05) is 0 Å². The second-order valence-corrected chi connectivity index (χ2v) is 1.57. The number of aliphatic hydroxyl groups is 1. The molecular formula is C6H12CaO. The molecule has 0 bridgehead atoms. The Morgan fingerprint density at radius 1 is 1.62 bits per heavy atom. The monoisotopic (exact) mass is 140 g/mol. The van der Waals surface area contributed by atoms with E-state index < -0.39 is 0 Å². The van der Waals surface area contributed by atoms with Crippen molar-refractivity contribution in [1.82, 2.24) is 0 Å². The van der Waals surface area contributed by atoms with E-state index in [2.05, 4.69) is 5.92 Å². The molecule has 0 aliphatic carbocycles.